The minimum atomic E-state index is -0.260. The lowest BCUT2D eigenvalue weighted by Gasteiger charge is -2.52. The van der Waals surface area contributed by atoms with Gasteiger partial charge in [-0.15, -0.1) is 0 Å². The van der Waals surface area contributed by atoms with E-state index in [-0.39, 0.29) is 23.6 Å². The second-order valence-corrected chi connectivity index (χ2v) is 5.92. The zero-order valence-electron chi connectivity index (χ0n) is 12.2. The molecule has 5 heteroatoms. The molecule has 20 heavy (non-hydrogen) atoms. The van der Waals surface area contributed by atoms with Crippen molar-refractivity contribution in [2.45, 2.75) is 51.2 Å². The highest BCUT2D eigenvalue weighted by molar-refractivity contribution is 5.89. The molecule has 0 saturated heterocycles. The van der Waals surface area contributed by atoms with Crippen molar-refractivity contribution in [3.8, 4) is 0 Å². The van der Waals surface area contributed by atoms with Crippen molar-refractivity contribution in [3.63, 3.8) is 0 Å². The third kappa shape index (κ3) is 2.14. The maximum Gasteiger partial charge on any atom is 0.341 e. The summed E-state index contributed by atoms with van der Waals surface area (Å²) < 4.78 is 13.2. The van der Waals surface area contributed by atoms with E-state index in [9.17, 15) is 4.79 Å². The van der Waals surface area contributed by atoms with Crippen LogP contribution in [-0.4, -0.2) is 34.6 Å². The van der Waals surface area contributed by atoms with E-state index in [1.54, 1.807) is 24.1 Å². The molecule has 2 aliphatic carbocycles. The Balaban J connectivity index is 1.67. The van der Waals surface area contributed by atoms with Gasteiger partial charge in [0.15, 0.2) is 0 Å². The van der Waals surface area contributed by atoms with Crippen LogP contribution in [0, 0.1) is 5.41 Å². The fourth-order valence-corrected chi connectivity index (χ4v) is 3.71. The molecule has 5 nitrogen and oxygen atoms in total. The van der Waals surface area contributed by atoms with Crippen molar-refractivity contribution in [3.05, 3.63) is 18.0 Å². The van der Waals surface area contributed by atoms with Gasteiger partial charge in [-0.25, -0.2) is 4.79 Å². The molecule has 1 aromatic rings. The molecule has 0 amide bonds. The van der Waals surface area contributed by atoms with Crippen LogP contribution in [0.1, 0.15) is 49.4 Å². The highest BCUT2D eigenvalue weighted by Crippen LogP contribution is 2.56. The Kier molecular flexibility index (Phi) is 3.54. The van der Waals surface area contributed by atoms with Crippen LogP contribution in [0.25, 0.3) is 0 Å². The van der Waals surface area contributed by atoms with Gasteiger partial charge in [-0.3, -0.25) is 4.68 Å². The Morgan fingerprint density at radius 1 is 1.45 bits per heavy atom. The lowest BCUT2D eigenvalue weighted by molar-refractivity contribution is -0.188. The van der Waals surface area contributed by atoms with E-state index in [1.165, 1.54) is 12.8 Å². The van der Waals surface area contributed by atoms with Crippen LogP contribution < -0.4 is 0 Å². The van der Waals surface area contributed by atoms with Gasteiger partial charge in [0, 0.05) is 31.7 Å². The summed E-state index contributed by atoms with van der Waals surface area (Å²) in [6, 6.07) is 0. The molecule has 2 atom stereocenters. The molecule has 2 saturated carbocycles. The molecule has 0 radical (unpaired) electrons. The quantitative estimate of drug-likeness (QED) is 0.793. The van der Waals surface area contributed by atoms with E-state index in [0.717, 1.165) is 25.9 Å². The first kappa shape index (κ1) is 13.6. The predicted octanol–water partition coefficient (Wildman–Crippen LogP) is 2.31. The van der Waals surface area contributed by atoms with Crippen molar-refractivity contribution in [2.75, 3.05) is 6.61 Å². The maximum absolute atomic E-state index is 12.1. The molecule has 3 rings (SSSR count). The number of aryl methyl sites for hydroxylation is 1. The van der Waals surface area contributed by atoms with Gasteiger partial charge in [-0.1, -0.05) is 12.8 Å². The Morgan fingerprint density at radius 3 is 2.80 bits per heavy atom. The monoisotopic (exact) mass is 278 g/mol. The molecule has 0 N–H and O–H groups in total. The van der Waals surface area contributed by atoms with Crippen LogP contribution in [0.3, 0.4) is 0 Å². The highest BCUT2D eigenvalue weighted by Gasteiger charge is 2.58. The van der Waals surface area contributed by atoms with Gasteiger partial charge in [0.25, 0.3) is 0 Å². The number of ether oxygens (including phenoxy) is 2. The summed E-state index contributed by atoms with van der Waals surface area (Å²) in [7, 11) is 1.80. The minimum absolute atomic E-state index is 0.00857. The second-order valence-electron chi connectivity index (χ2n) is 5.92. The average Bonchev–Trinajstić information content (AvgIpc) is 3.07. The molecule has 2 aliphatic rings. The minimum Gasteiger partial charge on any atom is -0.458 e. The molecule has 2 unspecified atom stereocenters. The molecule has 1 heterocycles. The van der Waals surface area contributed by atoms with Gasteiger partial charge in [0.1, 0.15) is 6.10 Å². The topological polar surface area (TPSA) is 53.4 Å². The number of carbonyl (C=O) groups is 1. The third-order valence-corrected chi connectivity index (χ3v) is 4.80. The normalized spacial score (nSPS) is 27.5. The molecule has 0 aromatic carbocycles. The van der Waals surface area contributed by atoms with Gasteiger partial charge in [0.2, 0.25) is 0 Å². The summed E-state index contributed by atoms with van der Waals surface area (Å²) >= 11 is 0. The van der Waals surface area contributed by atoms with Crippen LogP contribution in [0.15, 0.2) is 12.4 Å². The fraction of sp³-hybridized carbons (Fsp3) is 0.733. The van der Waals surface area contributed by atoms with Gasteiger partial charge in [-0.05, 0) is 19.8 Å². The molecule has 2 fully saturated rings. The van der Waals surface area contributed by atoms with E-state index in [0.29, 0.717) is 5.56 Å². The predicted molar refractivity (Wildman–Crippen MR) is 73.3 cm³/mol. The summed E-state index contributed by atoms with van der Waals surface area (Å²) in [5.74, 6) is -0.260. The number of nitrogens with zero attached hydrogens (tertiary/aromatic N) is 2. The Labute approximate surface area is 119 Å². The first-order chi connectivity index (χ1) is 9.65. The van der Waals surface area contributed by atoms with Crippen molar-refractivity contribution in [1.82, 2.24) is 9.78 Å². The van der Waals surface area contributed by atoms with Crippen molar-refractivity contribution in [2.24, 2.45) is 12.5 Å². The van der Waals surface area contributed by atoms with Crippen molar-refractivity contribution >= 4 is 5.97 Å². The first-order valence-corrected chi connectivity index (χ1v) is 7.47. The highest BCUT2D eigenvalue weighted by atomic mass is 16.6. The lowest BCUT2D eigenvalue weighted by Crippen LogP contribution is -2.58. The summed E-state index contributed by atoms with van der Waals surface area (Å²) in [6.07, 6.45) is 9.01. The summed E-state index contributed by atoms with van der Waals surface area (Å²) in [5, 5.41) is 4.01. The van der Waals surface area contributed by atoms with Crippen molar-refractivity contribution in [1.29, 1.82) is 0 Å². The number of hydrogen-bond donors (Lipinski definition) is 0. The van der Waals surface area contributed by atoms with Crippen molar-refractivity contribution < 1.29 is 14.3 Å². The van der Waals surface area contributed by atoms with Crippen LogP contribution in [0.5, 0.6) is 0 Å². The van der Waals surface area contributed by atoms with E-state index >= 15 is 0 Å². The molecule has 0 aliphatic heterocycles. The standard InChI is InChI=1S/C15H22N2O3/c1-3-19-12-8-13(15(12)6-4-5-7-15)20-14(18)11-9-16-17(2)10-11/h9-10,12-13H,3-8H2,1-2H3. The summed E-state index contributed by atoms with van der Waals surface area (Å²) in [4.78, 5) is 12.1. The second kappa shape index (κ2) is 5.20. The number of hydrogen-bond acceptors (Lipinski definition) is 4. The average molecular weight is 278 g/mol. The van der Waals surface area contributed by atoms with E-state index in [4.69, 9.17) is 9.47 Å². The van der Waals surface area contributed by atoms with Gasteiger partial charge < -0.3 is 9.47 Å². The Hall–Kier alpha value is -1.36. The molecular weight excluding hydrogens is 256 g/mol. The maximum atomic E-state index is 12.1. The number of esters is 1. The van der Waals surface area contributed by atoms with E-state index < -0.39 is 0 Å². The van der Waals surface area contributed by atoms with Gasteiger partial charge in [-0.2, -0.15) is 5.10 Å². The molecule has 1 spiro atoms. The lowest BCUT2D eigenvalue weighted by atomic mass is 9.62. The summed E-state index contributed by atoms with van der Waals surface area (Å²) in [6.45, 7) is 2.76. The molecule has 1 aromatic heterocycles. The molecule has 110 valence electrons. The zero-order valence-corrected chi connectivity index (χ0v) is 12.2. The largest absolute Gasteiger partial charge is 0.458 e. The number of rotatable bonds is 4. The number of aromatic nitrogens is 2. The van der Waals surface area contributed by atoms with Crippen LogP contribution >= 0.6 is 0 Å². The first-order valence-electron chi connectivity index (χ1n) is 7.47. The third-order valence-electron chi connectivity index (χ3n) is 4.80. The van der Waals surface area contributed by atoms with Crippen LogP contribution in [0.4, 0.5) is 0 Å². The van der Waals surface area contributed by atoms with E-state index in [2.05, 4.69) is 5.10 Å². The molecule has 0 bridgehead atoms. The van der Waals surface area contributed by atoms with Crippen LogP contribution in [0.2, 0.25) is 0 Å². The number of carbonyl (C=O) groups excluding carboxylic acids is 1. The Morgan fingerprint density at radius 2 is 2.20 bits per heavy atom. The van der Waals surface area contributed by atoms with Gasteiger partial charge >= 0.3 is 5.97 Å². The fourth-order valence-electron chi connectivity index (χ4n) is 3.71. The van der Waals surface area contributed by atoms with E-state index in [1.807, 2.05) is 6.92 Å². The van der Waals surface area contributed by atoms with Crippen LogP contribution in [-0.2, 0) is 16.5 Å². The van der Waals surface area contributed by atoms with Gasteiger partial charge in [0.05, 0.1) is 17.9 Å². The Bertz CT molecular complexity index is 491. The zero-order chi connectivity index (χ0) is 14.2. The molecular formula is C15H22N2O3. The summed E-state index contributed by atoms with van der Waals surface area (Å²) in [5.41, 5.74) is 0.606. The SMILES string of the molecule is CCOC1CC(OC(=O)c2cnn(C)c2)C12CCCC2. The smallest absolute Gasteiger partial charge is 0.341 e.